The van der Waals surface area contributed by atoms with Gasteiger partial charge in [-0.3, -0.25) is 4.90 Å². The molecule has 3 aromatic rings. The number of benzene rings is 2. The minimum Gasteiger partial charge on any atom is -0.454 e. The van der Waals surface area contributed by atoms with Crippen LogP contribution in [0.5, 0.6) is 11.5 Å². The maximum absolute atomic E-state index is 5.78. The molecule has 0 spiro atoms. The van der Waals surface area contributed by atoms with Gasteiger partial charge in [0.2, 0.25) is 11.6 Å². The highest BCUT2D eigenvalue weighted by atomic mass is 32.2. The quantitative estimate of drug-likeness (QED) is 0.289. The first-order chi connectivity index (χ1) is 16.2. The average molecular weight is 484 g/mol. The molecule has 10 heteroatoms. The van der Waals surface area contributed by atoms with Gasteiger partial charge in [-0.05, 0) is 59.9 Å². The van der Waals surface area contributed by atoms with E-state index in [1.54, 1.807) is 22.7 Å². The second-order valence-corrected chi connectivity index (χ2v) is 9.01. The summed E-state index contributed by atoms with van der Waals surface area (Å²) in [6, 6.07) is 14.2. The summed E-state index contributed by atoms with van der Waals surface area (Å²) in [6.45, 7) is 4.04. The van der Waals surface area contributed by atoms with Crippen LogP contribution in [0, 0.1) is 4.77 Å². The Kier molecular flexibility index (Phi) is 6.77. The number of hydrogen-bond donors (Lipinski definition) is 0. The van der Waals surface area contributed by atoms with E-state index in [9.17, 15) is 0 Å². The average Bonchev–Trinajstić information content (AvgIpc) is 3.43. The van der Waals surface area contributed by atoms with Crippen LogP contribution in [0.2, 0.25) is 0 Å². The van der Waals surface area contributed by atoms with Crippen LogP contribution < -0.4 is 9.47 Å². The van der Waals surface area contributed by atoms with Crippen LogP contribution in [0.25, 0.3) is 0 Å². The summed E-state index contributed by atoms with van der Waals surface area (Å²) in [7, 11) is 0. The molecule has 0 unspecified atom stereocenters. The van der Waals surface area contributed by atoms with Gasteiger partial charge in [0.05, 0.1) is 26.1 Å². The Labute approximate surface area is 201 Å². The summed E-state index contributed by atoms with van der Waals surface area (Å²) in [5.41, 5.74) is 2.06. The first-order valence-corrected chi connectivity index (χ1v) is 12.4. The van der Waals surface area contributed by atoms with Crippen molar-refractivity contribution in [1.29, 1.82) is 0 Å². The second kappa shape index (κ2) is 10.1. The molecule has 1 aromatic heterocycles. The first kappa shape index (κ1) is 22.1. The topological polar surface area (TPSA) is 66.0 Å². The number of rotatable bonds is 7. The Hall–Kier alpha value is -2.66. The molecule has 0 radical (unpaired) electrons. The van der Waals surface area contributed by atoms with Crippen molar-refractivity contribution >= 4 is 30.2 Å². The van der Waals surface area contributed by atoms with Gasteiger partial charge in [-0.15, -0.1) is 11.8 Å². The van der Waals surface area contributed by atoms with Crippen LogP contribution in [0.3, 0.4) is 0 Å². The van der Waals surface area contributed by atoms with Gasteiger partial charge in [-0.2, -0.15) is 14.9 Å². The lowest BCUT2D eigenvalue weighted by Crippen LogP contribution is -2.37. The standard InChI is InChI=1S/C23H25N5O3S2/c1-33-19-5-2-17(3-6-19)13-22-25-27(15-26-8-10-29-11-9-26)23(32)28(22)24-14-18-4-7-20-21(12-18)31-16-30-20/h2-7,12,14H,8-11,13,15-16H2,1H3/b24-14+. The SMILES string of the molecule is CSc1ccc(Cc2nn(CN3CCOCC3)c(=S)n2/N=C/c2ccc3c(c2)OCO3)cc1. The molecule has 0 aliphatic carbocycles. The zero-order valence-corrected chi connectivity index (χ0v) is 20.0. The van der Waals surface area contributed by atoms with Crippen LogP contribution in [0.4, 0.5) is 0 Å². The van der Waals surface area contributed by atoms with Crippen LogP contribution >= 0.6 is 24.0 Å². The molecule has 3 heterocycles. The zero-order valence-electron chi connectivity index (χ0n) is 18.3. The largest absolute Gasteiger partial charge is 0.454 e. The molecule has 2 aliphatic rings. The first-order valence-electron chi connectivity index (χ1n) is 10.8. The molecule has 5 rings (SSSR count). The lowest BCUT2D eigenvalue weighted by atomic mass is 10.1. The van der Waals surface area contributed by atoms with Crippen molar-refractivity contribution in [2.75, 3.05) is 39.4 Å². The molecule has 2 aromatic carbocycles. The normalized spacial score (nSPS) is 16.0. The third-order valence-electron chi connectivity index (χ3n) is 5.56. The summed E-state index contributed by atoms with van der Waals surface area (Å²) in [4.78, 5) is 3.52. The van der Waals surface area contributed by atoms with Gasteiger partial charge in [0.15, 0.2) is 17.3 Å². The molecule has 2 aliphatic heterocycles. The molecule has 172 valence electrons. The summed E-state index contributed by atoms with van der Waals surface area (Å²) in [6.07, 6.45) is 4.48. The fraction of sp³-hybridized carbons (Fsp3) is 0.348. The maximum Gasteiger partial charge on any atom is 0.231 e. The van der Waals surface area contributed by atoms with Crippen molar-refractivity contribution in [1.82, 2.24) is 19.4 Å². The Balaban J connectivity index is 1.44. The predicted molar refractivity (Wildman–Crippen MR) is 130 cm³/mol. The zero-order chi connectivity index (χ0) is 22.6. The molecule has 0 N–H and O–H groups in total. The summed E-state index contributed by atoms with van der Waals surface area (Å²) in [5.74, 6) is 2.26. The van der Waals surface area contributed by atoms with Crippen molar-refractivity contribution in [2.24, 2.45) is 5.10 Å². The lowest BCUT2D eigenvalue weighted by Gasteiger charge is -2.25. The molecule has 1 fully saturated rings. The molecule has 0 saturated carbocycles. The number of morpholine rings is 1. The van der Waals surface area contributed by atoms with Gasteiger partial charge in [0.25, 0.3) is 0 Å². The van der Waals surface area contributed by atoms with Gasteiger partial charge in [-0.1, -0.05) is 12.1 Å². The van der Waals surface area contributed by atoms with E-state index in [2.05, 4.69) is 35.4 Å². The van der Waals surface area contributed by atoms with E-state index in [0.29, 0.717) is 17.9 Å². The second-order valence-electron chi connectivity index (χ2n) is 7.76. The smallest absolute Gasteiger partial charge is 0.231 e. The van der Waals surface area contributed by atoms with E-state index in [-0.39, 0.29) is 6.79 Å². The molecule has 0 atom stereocenters. The molecular formula is C23H25N5O3S2. The minimum atomic E-state index is 0.245. The molecule has 33 heavy (non-hydrogen) atoms. The van der Waals surface area contributed by atoms with Crippen molar-refractivity contribution in [3.8, 4) is 11.5 Å². The monoisotopic (exact) mass is 483 g/mol. The van der Waals surface area contributed by atoms with Gasteiger partial charge in [-0.25, -0.2) is 4.68 Å². The van der Waals surface area contributed by atoms with Crippen molar-refractivity contribution in [3.05, 3.63) is 64.2 Å². The molecule has 1 saturated heterocycles. The number of hydrogen-bond acceptors (Lipinski definition) is 8. The van der Waals surface area contributed by atoms with Crippen LogP contribution in [0.15, 0.2) is 52.5 Å². The van der Waals surface area contributed by atoms with E-state index in [1.807, 2.05) is 22.9 Å². The van der Waals surface area contributed by atoms with Crippen LogP contribution in [-0.2, 0) is 17.8 Å². The highest BCUT2D eigenvalue weighted by molar-refractivity contribution is 7.98. The van der Waals surface area contributed by atoms with Gasteiger partial charge >= 0.3 is 0 Å². The van der Waals surface area contributed by atoms with Gasteiger partial charge in [0, 0.05) is 24.4 Å². The Bertz CT molecular complexity index is 1200. The Morgan fingerprint density at radius 3 is 2.67 bits per heavy atom. The van der Waals surface area contributed by atoms with Crippen LogP contribution in [-0.4, -0.2) is 64.9 Å². The van der Waals surface area contributed by atoms with Crippen molar-refractivity contribution in [2.45, 2.75) is 18.0 Å². The molecular weight excluding hydrogens is 458 g/mol. The lowest BCUT2D eigenvalue weighted by molar-refractivity contribution is 0.0209. The van der Waals surface area contributed by atoms with E-state index < -0.39 is 0 Å². The Morgan fingerprint density at radius 1 is 1.09 bits per heavy atom. The molecule has 0 amide bonds. The van der Waals surface area contributed by atoms with E-state index in [1.165, 1.54) is 4.90 Å². The summed E-state index contributed by atoms with van der Waals surface area (Å²) >= 11 is 7.50. The minimum absolute atomic E-state index is 0.245. The van der Waals surface area contributed by atoms with Crippen molar-refractivity contribution in [3.63, 3.8) is 0 Å². The summed E-state index contributed by atoms with van der Waals surface area (Å²) < 4.78 is 20.5. The molecule has 0 bridgehead atoms. The van der Waals surface area contributed by atoms with Crippen LogP contribution in [0.1, 0.15) is 17.0 Å². The molecule has 8 nitrogen and oxygen atoms in total. The van der Waals surface area contributed by atoms with Gasteiger partial charge < -0.3 is 14.2 Å². The number of aromatic nitrogens is 3. The van der Waals surface area contributed by atoms with Crippen molar-refractivity contribution < 1.29 is 14.2 Å². The van der Waals surface area contributed by atoms with Gasteiger partial charge in [0.1, 0.15) is 0 Å². The number of nitrogens with zero attached hydrogens (tertiary/aromatic N) is 5. The van der Waals surface area contributed by atoms with E-state index >= 15 is 0 Å². The third kappa shape index (κ3) is 5.14. The highest BCUT2D eigenvalue weighted by Gasteiger charge is 2.17. The fourth-order valence-electron chi connectivity index (χ4n) is 3.74. The maximum atomic E-state index is 5.78. The number of thioether (sulfide) groups is 1. The third-order valence-corrected chi connectivity index (χ3v) is 6.69. The number of fused-ring (bicyclic) bond motifs is 1. The predicted octanol–water partition coefficient (Wildman–Crippen LogP) is 3.63. The number of ether oxygens (including phenoxy) is 3. The fourth-order valence-corrected chi connectivity index (χ4v) is 4.40. The highest BCUT2D eigenvalue weighted by Crippen LogP contribution is 2.32. The Morgan fingerprint density at radius 2 is 1.88 bits per heavy atom. The summed E-state index contributed by atoms with van der Waals surface area (Å²) in [5, 5.41) is 9.55. The van der Waals surface area contributed by atoms with E-state index in [4.69, 9.17) is 36.6 Å². The van der Waals surface area contributed by atoms with E-state index in [0.717, 1.165) is 54.8 Å².